The number of aliphatic hydroxyl groups excluding tert-OH is 4. The highest BCUT2D eigenvalue weighted by atomic mass is 16.3. The van der Waals surface area contributed by atoms with Crippen molar-refractivity contribution in [3.05, 3.63) is 197 Å². The summed E-state index contributed by atoms with van der Waals surface area (Å²) >= 11 is 0. The maximum atomic E-state index is 9.80. The summed E-state index contributed by atoms with van der Waals surface area (Å²) in [7, 11) is 6.11. The number of nitrogens with one attached hydrogen (secondary N) is 4. The zero-order chi connectivity index (χ0) is 80.3. The van der Waals surface area contributed by atoms with Crippen LogP contribution in [0.1, 0.15) is 200 Å². The molecule has 12 aromatic heterocycles. The first-order valence-electron chi connectivity index (χ1n) is 42.8. The molecule has 5 atom stereocenters. The summed E-state index contributed by atoms with van der Waals surface area (Å²) in [6, 6.07) is 26.1. The molecule has 5 aliphatic rings. The monoisotopic (exact) mass is 1590 g/mol. The number of nitrogens with zero attached hydrogens (tertiary/aromatic N) is 19. The van der Waals surface area contributed by atoms with Gasteiger partial charge in [0.05, 0.1) is 24.8 Å². The first-order chi connectivity index (χ1) is 56.9. The van der Waals surface area contributed by atoms with Crippen molar-refractivity contribution in [2.24, 2.45) is 33.0 Å². The maximum Gasteiger partial charge on any atom is 0.173 e. The van der Waals surface area contributed by atoms with Gasteiger partial charge in [-0.05, 0) is 176 Å². The second-order valence-corrected chi connectivity index (χ2v) is 32.2. The quantitative estimate of drug-likeness (QED) is 0.0212. The van der Waals surface area contributed by atoms with Gasteiger partial charge in [-0.2, -0.15) is 38.5 Å². The minimum absolute atomic E-state index is 0. The summed E-state index contributed by atoms with van der Waals surface area (Å²) < 4.78 is 13.9. The number of hydrogen-bond donors (Lipinski definition) is 8. The molecule has 0 radical (unpaired) electrons. The lowest BCUT2D eigenvalue weighted by Gasteiger charge is -2.36. The van der Waals surface area contributed by atoms with Crippen LogP contribution in [-0.2, 0) is 73.0 Å². The molecule has 8 N–H and O–H groups in total. The van der Waals surface area contributed by atoms with Gasteiger partial charge in [0, 0.05) is 190 Å². The van der Waals surface area contributed by atoms with Crippen molar-refractivity contribution in [1.82, 2.24) is 63.4 Å². The molecule has 27 heteroatoms. The van der Waals surface area contributed by atoms with E-state index in [-0.39, 0.29) is 33.9 Å². The SMILES string of the molecule is C.CCc1cnn2c(NCc3ccc[n+](C)c3)cc(C[C@H]3CCCC[C@H]3CO)nc12.CCc1cnn2c(NCc3ccc[n+](C)c3)cc(N3CCCC[C@H]3CCO)nc12.CCc1cnn2c(NCc3cccnc3)cc(N3CCCC[C@H]3CCO)nc12.C[n+]1cccc(CNc2cc(N3CCCC[C@H]3CCO)nc3c(C4CC4)cnn23)c1. The first kappa shape index (κ1) is 84.4. The number of piperidine rings is 3. The van der Waals surface area contributed by atoms with E-state index in [0.717, 1.165) is 202 Å². The van der Waals surface area contributed by atoms with Crippen LogP contribution in [0.25, 0.3) is 22.6 Å². The van der Waals surface area contributed by atoms with Crippen molar-refractivity contribution >= 4 is 63.3 Å². The lowest BCUT2D eigenvalue weighted by Crippen LogP contribution is -2.40. The van der Waals surface area contributed by atoms with E-state index < -0.39 is 0 Å². The molecule has 0 bridgehead atoms. The Balaban J connectivity index is 0.000000135. The molecule has 2 aliphatic carbocycles. The molecule has 0 aromatic carbocycles. The van der Waals surface area contributed by atoms with Gasteiger partial charge in [-0.3, -0.25) is 4.98 Å². The molecule has 117 heavy (non-hydrogen) atoms. The molecular weight excluding hydrogens is 1470 g/mol. The Hall–Kier alpha value is -10.5. The minimum Gasteiger partial charge on any atom is -0.396 e. The van der Waals surface area contributed by atoms with Gasteiger partial charge in [0.15, 0.2) is 59.8 Å². The highest BCUT2D eigenvalue weighted by molar-refractivity contribution is 5.65. The average molecular weight is 1590 g/mol. The third-order valence-electron chi connectivity index (χ3n) is 23.8. The molecule has 17 rings (SSSR count). The highest BCUT2D eigenvalue weighted by Gasteiger charge is 2.33. The largest absolute Gasteiger partial charge is 0.396 e. The van der Waals surface area contributed by atoms with Crippen LogP contribution in [-0.4, -0.2) is 148 Å². The maximum absolute atomic E-state index is 9.80. The van der Waals surface area contributed by atoms with E-state index in [0.29, 0.717) is 49.0 Å². The van der Waals surface area contributed by atoms with Crippen LogP contribution in [0.3, 0.4) is 0 Å². The van der Waals surface area contributed by atoms with E-state index in [1.165, 1.54) is 85.6 Å². The normalized spacial score (nSPS) is 18.2. The van der Waals surface area contributed by atoms with Crippen LogP contribution in [0.15, 0.2) is 147 Å². The molecule has 5 fully saturated rings. The molecule has 0 spiro atoms. The number of fused-ring (bicyclic) bond motifs is 4. The summed E-state index contributed by atoms with van der Waals surface area (Å²) in [4.78, 5) is 31.3. The fourth-order valence-corrected chi connectivity index (χ4v) is 17.3. The van der Waals surface area contributed by atoms with Gasteiger partial charge >= 0.3 is 0 Å². The summed E-state index contributed by atoms with van der Waals surface area (Å²) in [5.74, 6) is 8.29. The summed E-state index contributed by atoms with van der Waals surface area (Å²) in [6.07, 6.45) is 47.6. The lowest BCUT2D eigenvalue weighted by molar-refractivity contribution is -0.672. The van der Waals surface area contributed by atoms with Crippen molar-refractivity contribution in [1.29, 1.82) is 0 Å². The minimum atomic E-state index is 0. The summed E-state index contributed by atoms with van der Waals surface area (Å²) in [6.45, 7) is 13.2. The van der Waals surface area contributed by atoms with Gasteiger partial charge in [0.2, 0.25) is 0 Å². The standard InChI is InChI=1S/C23H31N6O.C23H32N5O.C22H31N6O.C21H28N6O.CH4/c1-27-10-4-5-17(16-27)14-24-21-13-22(28-11-3-2-6-19(28)9-12-30)26-23-20(18-7-8-18)15-25-29(21)23;1-3-18-14-25-28-22(24-13-17-7-6-10-27(2)15-17)12-21(26-23(18)28)11-19-8-4-5-9-20(19)16-29;1-3-18-15-24-28-20(23-14-17-7-6-10-26(2)16-17)13-21(25-22(18)28)27-11-5-4-8-19(27)9-12-29;1-2-17-15-24-27-19(23-14-16-6-5-9-22-13-16)12-20(25-21(17)27)26-10-4-3-7-18(26)8-11-28;/h4-5,10,13,15-16,18-19,24,30H,2-3,6-9,11-12,14H2,1H3;6-7,10,12,14-15,19-20,24,29H,3-5,8-9,11,13,16H2,1-2H3;6-7,10,13,15-16,19,23,29H,3-5,8-9,11-12,14H2,1-2H3;5-6,9,12-13,15,18,23,28H,2-4,7-8,10-11,14H2,1H3;1H4/q3*+1;;/t19-;19-,20+;19-;18-;/m0100./s1. The molecular formula is C90H126N23O4+3. The van der Waals surface area contributed by atoms with Crippen LogP contribution < -0.4 is 49.7 Å². The Morgan fingerprint density at radius 3 is 1.18 bits per heavy atom. The topological polar surface area (TPSA) is 284 Å². The second-order valence-electron chi connectivity index (χ2n) is 32.2. The van der Waals surface area contributed by atoms with Gasteiger partial charge in [-0.1, -0.05) is 47.1 Å². The van der Waals surface area contributed by atoms with E-state index in [9.17, 15) is 20.4 Å². The molecule has 622 valence electrons. The zero-order valence-electron chi connectivity index (χ0n) is 68.9. The first-order valence-corrected chi connectivity index (χ1v) is 42.8. The van der Waals surface area contributed by atoms with Crippen LogP contribution >= 0.6 is 0 Å². The Morgan fingerprint density at radius 1 is 0.410 bits per heavy atom. The van der Waals surface area contributed by atoms with Crippen molar-refractivity contribution in [2.45, 2.75) is 220 Å². The number of pyridine rings is 4. The van der Waals surface area contributed by atoms with Crippen LogP contribution in [0, 0.1) is 11.8 Å². The molecule has 15 heterocycles. The Labute approximate surface area is 689 Å². The second kappa shape index (κ2) is 41.1. The van der Waals surface area contributed by atoms with Crippen molar-refractivity contribution < 1.29 is 34.1 Å². The van der Waals surface area contributed by atoms with Crippen LogP contribution in [0.5, 0.6) is 0 Å². The molecule has 3 saturated heterocycles. The van der Waals surface area contributed by atoms with Crippen molar-refractivity contribution in [3.63, 3.8) is 0 Å². The Bertz CT molecular complexity index is 5130. The van der Waals surface area contributed by atoms with E-state index in [1.807, 2.05) is 94.8 Å². The predicted octanol–water partition coefficient (Wildman–Crippen LogP) is 12.0. The molecule has 2 saturated carbocycles. The zero-order valence-corrected chi connectivity index (χ0v) is 68.9. The van der Waals surface area contributed by atoms with Gasteiger partial charge in [-0.25, -0.2) is 33.6 Å². The van der Waals surface area contributed by atoms with E-state index in [4.69, 9.17) is 19.9 Å². The van der Waals surface area contributed by atoms with Gasteiger partial charge in [-0.15, -0.1) is 0 Å². The number of anilines is 7. The third-order valence-corrected chi connectivity index (χ3v) is 23.8. The Morgan fingerprint density at radius 2 is 0.786 bits per heavy atom. The van der Waals surface area contributed by atoms with Gasteiger partial charge in [0.1, 0.15) is 61.9 Å². The molecule has 12 aromatic rings. The average Bonchev–Trinajstić information content (AvgIpc) is 1.61. The number of rotatable bonds is 28. The Kier molecular flexibility index (Phi) is 29.6. The van der Waals surface area contributed by atoms with E-state index in [1.54, 1.807) is 6.20 Å². The van der Waals surface area contributed by atoms with E-state index in [2.05, 4.69) is 181 Å². The van der Waals surface area contributed by atoms with Crippen molar-refractivity contribution in [2.75, 3.05) is 82.0 Å². The number of aromatic nitrogens is 16. The smallest absolute Gasteiger partial charge is 0.173 e. The van der Waals surface area contributed by atoms with Crippen LogP contribution in [0.4, 0.5) is 40.7 Å². The fourth-order valence-electron chi connectivity index (χ4n) is 17.3. The number of aliphatic hydroxyl groups is 4. The van der Waals surface area contributed by atoms with Crippen LogP contribution in [0.2, 0.25) is 0 Å². The van der Waals surface area contributed by atoms with Gasteiger partial charge < -0.3 is 56.4 Å². The van der Waals surface area contributed by atoms with E-state index >= 15 is 0 Å². The molecule has 27 nitrogen and oxygen atoms in total. The fraction of sp³-hybridized carbons (Fsp3) is 0.511. The summed E-state index contributed by atoms with van der Waals surface area (Å²) in [5, 5.41) is 71.0. The molecule has 0 amide bonds. The summed E-state index contributed by atoms with van der Waals surface area (Å²) in [5.41, 5.74) is 14.3. The lowest BCUT2D eigenvalue weighted by atomic mass is 9.77. The molecule has 0 unspecified atom stereocenters. The number of aryl methyl sites for hydroxylation is 6. The predicted molar refractivity (Wildman–Crippen MR) is 461 cm³/mol. The number of hydrogen-bond acceptors (Lipinski definition) is 20. The highest BCUT2D eigenvalue weighted by Crippen LogP contribution is 2.43. The molecule has 3 aliphatic heterocycles. The van der Waals surface area contributed by atoms with Gasteiger partial charge in [0.25, 0.3) is 0 Å². The van der Waals surface area contributed by atoms with Crippen molar-refractivity contribution in [3.8, 4) is 0 Å². The third kappa shape index (κ3) is 21.1.